The van der Waals surface area contributed by atoms with Gasteiger partial charge in [0, 0.05) is 18.3 Å². The summed E-state index contributed by atoms with van der Waals surface area (Å²) in [6.07, 6.45) is 8.62. The first-order chi connectivity index (χ1) is 17.2. The maximum absolute atomic E-state index is 14.4. The van der Waals surface area contributed by atoms with E-state index in [2.05, 4.69) is 40.7 Å². The molecule has 0 heterocycles. The Labute approximate surface area is 222 Å². The number of Topliss-reactive ketones (excluding diaryl/α,β-unsaturated/α-hetero) is 2. The zero-order valence-corrected chi connectivity index (χ0v) is 23.9. The van der Waals surface area contributed by atoms with Crippen LogP contribution in [0.1, 0.15) is 99.8 Å². The predicted octanol–water partition coefficient (Wildman–Crippen LogP) is 6.46. The fourth-order valence-electron chi connectivity index (χ4n) is 10.6. The van der Waals surface area contributed by atoms with Crippen LogP contribution in [0, 0.1) is 68.0 Å². The SMILES string of the molecule is CCOC(=O)C12CCC(C)(C)CC1C1C(=O)CC3C4(C)C=C(C#N)C(=O)C(C)C4CCC3(C)C1(C)CC2. The molecule has 0 radical (unpaired) electrons. The first kappa shape index (κ1) is 26.6. The Morgan fingerprint density at radius 3 is 2.35 bits per heavy atom. The molecule has 0 saturated heterocycles. The van der Waals surface area contributed by atoms with Crippen molar-refractivity contribution in [1.82, 2.24) is 0 Å². The quantitative estimate of drug-likeness (QED) is 0.401. The molecule has 0 aliphatic heterocycles. The highest BCUT2D eigenvalue weighted by Gasteiger charge is 2.72. The van der Waals surface area contributed by atoms with Gasteiger partial charge in [-0.1, -0.05) is 47.6 Å². The van der Waals surface area contributed by atoms with Gasteiger partial charge in [-0.3, -0.25) is 14.4 Å². The number of ether oxygens (including phenoxy) is 1. The summed E-state index contributed by atoms with van der Waals surface area (Å²) < 4.78 is 5.70. The number of allylic oxidation sites excluding steroid dienone is 2. The zero-order valence-electron chi connectivity index (χ0n) is 23.9. The van der Waals surface area contributed by atoms with E-state index >= 15 is 0 Å². The van der Waals surface area contributed by atoms with Gasteiger partial charge in [-0.25, -0.2) is 0 Å². The molecule has 4 fully saturated rings. The van der Waals surface area contributed by atoms with Gasteiger partial charge in [-0.05, 0) is 91.3 Å². The molecular weight excluding hydrogens is 462 g/mol. The van der Waals surface area contributed by atoms with E-state index in [1.54, 1.807) is 0 Å². The summed E-state index contributed by atoms with van der Waals surface area (Å²) in [5, 5.41) is 9.79. The molecule has 9 atom stereocenters. The minimum absolute atomic E-state index is 0.00178. The van der Waals surface area contributed by atoms with Crippen LogP contribution in [0.4, 0.5) is 0 Å². The molecule has 0 aromatic carbocycles. The summed E-state index contributed by atoms with van der Waals surface area (Å²) >= 11 is 0. The Balaban J connectivity index is 1.62. The van der Waals surface area contributed by atoms with Crippen molar-refractivity contribution >= 4 is 17.5 Å². The Morgan fingerprint density at radius 1 is 1.03 bits per heavy atom. The van der Waals surface area contributed by atoms with Crippen LogP contribution in [-0.4, -0.2) is 24.1 Å². The predicted molar refractivity (Wildman–Crippen MR) is 141 cm³/mol. The maximum atomic E-state index is 14.4. The Morgan fingerprint density at radius 2 is 1.70 bits per heavy atom. The molecule has 9 unspecified atom stereocenters. The summed E-state index contributed by atoms with van der Waals surface area (Å²) in [7, 11) is 0. The first-order valence-corrected chi connectivity index (χ1v) is 14.6. The van der Waals surface area contributed by atoms with Crippen molar-refractivity contribution in [3.63, 3.8) is 0 Å². The summed E-state index contributed by atoms with van der Waals surface area (Å²) in [4.78, 5) is 40.9. The highest BCUT2D eigenvalue weighted by molar-refractivity contribution is 6.01. The number of carbonyl (C=O) groups is 3. The molecule has 0 spiro atoms. The molecule has 5 heteroatoms. The molecule has 5 aliphatic rings. The van der Waals surface area contributed by atoms with E-state index in [-0.39, 0.29) is 68.6 Å². The molecule has 0 amide bonds. The van der Waals surface area contributed by atoms with Crippen LogP contribution in [-0.2, 0) is 19.1 Å². The number of hydrogen-bond acceptors (Lipinski definition) is 5. The summed E-state index contributed by atoms with van der Waals surface area (Å²) in [6, 6.07) is 2.18. The Hall–Kier alpha value is -1.96. The van der Waals surface area contributed by atoms with Gasteiger partial charge in [0.1, 0.15) is 11.9 Å². The number of ketones is 2. The van der Waals surface area contributed by atoms with Crippen LogP contribution >= 0.6 is 0 Å². The van der Waals surface area contributed by atoms with E-state index in [1.807, 2.05) is 19.9 Å². The molecule has 5 rings (SSSR count). The highest BCUT2D eigenvalue weighted by Crippen LogP contribution is 2.75. The molecule has 0 bridgehead atoms. The van der Waals surface area contributed by atoms with Gasteiger partial charge in [-0.2, -0.15) is 5.26 Å². The van der Waals surface area contributed by atoms with Crippen LogP contribution in [0.2, 0.25) is 0 Å². The third kappa shape index (κ3) is 3.36. The highest BCUT2D eigenvalue weighted by atomic mass is 16.5. The van der Waals surface area contributed by atoms with Crippen molar-refractivity contribution in [2.75, 3.05) is 6.61 Å². The van der Waals surface area contributed by atoms with Gasteiger partial charge >= 0.3 is 5.97 Å². The van der Waals surface area contributed by atoms with Gasteiger partial charge < -0.3 is 4.74 Å². The van der Waals surface area contributed by atoms with Crippen molar-refractivity contribution in [3.05, 3.63) is 11.6 Å². The second-order valence-corrected chi connectivity index (χ2v) is 14.7. The molecule has 0 N–H and O–H groups in total. The van der Waals surface area contributed by atoms with E-state index in [1.165, 1.54) is 0 Å². The van der Waals surface area contributed by atoms with Crippen molar-refractivity contribution < 1.29 is 19.1 Å². The van der Waals surface area contributed by atoms with Crippen molar-refractivity contribution in [2.45, 2.75) is 99.8 Å². The maximum Gasteiger partial charge on any atom is 0.312 e. The molecule has 0 aromatic rings. The average Bonchev–Trinajstić information content (AvgIpc) is 2.82. The lowest BCUT2D eigenvalue weighted by molar-refractivity contribution is -0.224. The zero-order chi connectivity index (χ0) is 27.2. The molecule has 4 saturated carbocycles. The van der Waals surface area contributed by atoms with Crippen LogP contribution in [0.5, 0.6) is 0 Å². The fraction of sp³-hybridized carbons (Fsp3) is 0.812. The van der Waals surface area contributed by atoms with Gasteiger partial charge in [0.05, 0.1) is 17.6 Å². The number of fused-ring (bicyclic) bond motifs is 7. The number of rotatable bonds is 2. The van der Waals surface area contributed by atoms with Crippen LogP contribution < -0.4 is 0 Å². The van der Waals surface area contributed by atoms with Gasteiger partial charge in [0.25, 0.3) is 0 Å². The van der Waals surface area contributed by atoms with Crippen LogP contribution in [0.25, 0.3) is 0 Å². The number of hydrogen-bond donors (Lipinski definition) is 0. The van der Waals surface area contributed by atoms with Gasteiger partial charge in [-0.15, -0.1) is 0 Å². The molecule has 37 heavy (non-hydrogen) atoms. The van der Waals surface area contributed by atoms with Crippen molar-refractivity contribution in [1.29, 1.82) is 5.26 Å². The van der Waals surface area contributed by atoms with E-state index < -0.39 is 5.41 Å². The smallest absolute Gasteiger partial charge is 0.312 e. The lowest BCUT2D eigenvalue weighted by Crippen LogP contribution is -2.68. The number of carbonyl (C=O) groups excluding carboxylic acids is 3. The number of nitrogens with zero attached hydrogens (tertiary/aromatic N) is 1. The fourth-order valence-corrected chi connectivity index (χ4v) is 10.6. The third-order valence-corrected chi connectivity index (χ3v) is 12.8. The number of nitriles is 1. The standard InChI is InChI=1S/C32H45NO4/c1-8-37-27(36)32-13-11-28(3,4)17-22(32)25-23(34)15-24-29(5)16-20(18-33)26(35)19(2)21(29)9-10-30(24,6)31(25,7)12-14-32/h16,19,21-22,24-25H,8-15,17H2,1-7H3. The monoisotopic (exact) mass is 507 g/mol. The molecule has 0 aromatic heterocycles. The topological polar surface area (TPSA) is 84.2 Å². The normalized spacial score (nSPS) is 48.4. The second kappa shape index (κ2) is 8.27. The minimum Gasteiger partial charge on any atom is -0.466 e. The minimum atomic E-state index is -0.560. The molecule has 5 aliphatic carbocycles. The van der Waals surface area contributed by atoms with E-state index in [0.717, 1.165) is 44.9 Å². The Bertz CT molecular complexity index is 1110. The first-order valence-electron chi connectivity index (χ1n) is 14.6. The Kier molecular flexibility index (Phi) is 5.95. The molecule has 5 nitrogen and oxygen atoms in total. The molecule has 202 valence electrons. The van der Waals surface area contributed by atoms with Gasteiger partial charge in [0.15, 0.2) is 5.78 Å². The lowest BCUT2D eigenvalue weighted by Gasteiger charge is -2.71. The van der Waals surface area contributed by atoms with Crippen molar-refractivity contribution in [2.24, 2.45) is 56.7 Å². The van der Waals surface area contributed by atoms with E-state index in [4.69, 9.17) is 4.74 Å². The number of esters is 1. The lowest BCUT2D eigenvalue weighted by atomic mass is 9.32. The van der Waals surface area contributed by atoms with E-state index in [9.17, 15) is 19.6 Å². The summed E-state index contributed by atoms with van der Waals surface area (Å²) in [5.41, 5.74) is -0.915. The van der Waals surface area contributed by atoms with Gasteiger partial charge in [0.2, 0.25) is 0 Å². The largest absolute Gasteiger partial charge is 0.466 e. The van der Waals surface area contributed by atoms with Crippen molar-refractivity contribution in [3.8, 4) is 6.07 Å². The average molecular weight is 508 g/mol. The van der Waals surface area contributed by atoms with Crippen LogP contribution in [0.3, 0.4) is 0 Å². The molecular formula is C32H45NO4. The van der Waals surface area contributed by atoms with E-state index in [0.29, 0.717) is 18.8 Å². The van der Waals surface area contributed by atoms with Crippen LogP contribution in [0.15, 0.2) is 11.6 Å². The summed E-state index contributed by atoms with van der Waals surface area (Å²) in [6.45, 7) is 15.7. The third-order valence-electron chi connectivity index (χ3n) is 12.8. The second-order valence-electron chi connectivity index (χ2n) is 14.7. The summed E-state index contributed by atoms with van der Waals surface area (Å²) in [5.74, 6) is 0.0412.